The molecule has 0 unspecified atom stereocenters. The highest BCUT2D eigenvalue weighted by molar-refractivity contribution is 7.15. The van der Waals surface area contributed by atoms with Crippen molar-refractivity contribution in [2.24, 2.45) is 0 Å². The van der Waals surface area contributed by atoms with Crippen LogP contribution in [0.1, 0.15) is 10.4 Å². The van der Waals surface area contributed by atoms with E-state index in [1.165, 1.54) is 6.07 Å². The molecule has 0 amide bonds. The molecule has 0 saturated carbocycles. The van der Waals surface area contributed by atoms with Gasteiger partial charge in [0.2, 0.25) is 0 Å². The maximum Gasteiger partial charge on any atom is 0.324 e. The molecule has 7 heteroatoms. The highest BCUT2D eigenvalue weighted by Gasteiger charge is 2.09. The van der Waals surface area contributed by atoms with Crippen LogP contribution >= 0.6 is 22.9 Å². The van der Waals surface area contributed by atoms with Gasteiger partial charge in [-0.25, -0.2) is 0 Å². The molecule has 0 radical (unpaired) electrons. The van der Waals surface area contributed by atoms with Gasteiger partial charge in [0.05, 0.1) is 15.5 Å². The molecule has 1 aromatic heterocycles. The van der Waals surface area contributed by atoms with E-state index < -0.39 is 4.92 Å². The zero-order chi connectivity index (χ0) is 13.8. The molecule has 1 N–H and O–H groups in total. The van der Waals surface area contributed by atoms with Crippen molar-refractivity contribution in [3.8, 4) is 6.07 Å². The maximum absolute atomic E-state index is 10.6. The van der Waals surface area contributed by atoms with E-state index >= 15 is 0 Å². The van der Waals surface area contributed by atoms with Crippen LogP contribution in [0.2, 0.25) is 5.02 Å². The third-order valence-corrected chi connectivity index (χ3v) is 3.75. The summed E-state index contributed by atoms with van der Waals surface area (Å²) in [6.07, 6.45) is 0. The van der Waals surface area contributed by atoms with Gasteiger partial charge in [0, 0.05) is 23.2 Å². The van der Waals surface area contributed by atoms with Gasteiger partial charge in [-0.2, -0.15) is 5.26 Å². The average Bonchev–Trinajstić information content (AvgIpc) is 2.87. The number of hydrogen-bond acceptors (Lipinski definition) is 5. The van der Waals surface area contributed by atoms with Gasteiger partial charge in [-0.15, -0.1) is 0 Å². The van der Waals surface area contributed by atoms with Crippen LogP contribution in [0, 0.1) is 21.4 Å². The predicted octanol–water partition coefficient (Wildman–Crippen LogP) is 3.79. The van der Waals surface area contributed by atoms with Gasteiger partial charge in [0.25, 0.3) is 0 Å². The van der Waals surface area contributed by atoms with Gasteiger partial charge in [-0.1, -0.05) is 22.9 Å². The first-order valence-electron chi connectivity index (χ1n) is 5.27. The number of benzene rings is 1. The molecule has 0 aliphatic carbocycles. The van der Waals surface area contributed by atoms with Crippen LogP contribution in [0.3, 0.4) is 0 Å². The second-order valence-corrected chi connectivity index (χ2v) is 5.21. The Morgan fingerprint density at radius 1 is 1.42 bits per heavy atom. The SMILES string of the molecule is N#Cc1cc(NCc2ccc([N+](=O)[O-])s2)ccc1Cl. The Morgan fingerprint density at radius 3 is 2.84 bits per heavy atom. The topological polar surface area (TPSA) is 79.0 Å². The van der Waals surface area contributed by atoms with E-state index in [-0.39, 0.29) is 5.00 Å². The number of nitrogens with zero attached hydrogens (tertiary/aromatic N) is 2. The van der Waals surface area contributed by atoms with E-state index in [2.05, 4.69) is 5.32 Å². The first kappa shape index (κ1) is 13.3. The van der Waals surface area contributed by atoms with Gasteiger partial charge in [0.1, 0.15) is 6.07 Å². The van der Waals surface area contributed by atoms with Crippen molar-refractivity contribution in [2.75, 3.05) is 5.32 Å². The summed E-state index contributed by atoms with van der Waals surface area (Å²) in [7, 11) is 0. The minimum Gasteiger partial charge on any atom is -0.380 e. The third-order valence-electron chi connectivity index (χ3n) is 2.38. The van der Waals surface area contributed by atoms with Crippen LogP contribution in [0.25, 0.3) is 0 Å². The van der Waals surface area contributed by atoms with Crippen molar-refractivity contribution in [2.45, 2.75) is 6.54 Å². The second kappa shape index (κ2) is 5.69. The third kappa shape index (κ3) is 3.22. The summed E-state index contributed by atoms with van der Waals surface area (Å²) in [6, 6.07) is 10.2. The Hall–Kier alpha value is -2.10. The van der Waals surface area contributed by atoms with Crippen LogP contribution < -0.4 is 5.32 Å². The Morgan fingerprint density at radius 2 is 2.21 bits per heavy atom. The molecule has 1 aromatic carbocycles. The molecule has 19 heavy (non-hydrogen) atoms. The normalized spacial score (nSPS) is 9.89. The first-order valence-corrected chi connectivity index (χ1v) is 6.46. The lowest BCUT2D eigenvalue weighted by Crippen LogP contribution is -1.97. The quantitative estimate of drug-likeness (QED) is 0.687. The summed E-state index contributed by atoms with van der Waals surface area (Å²) in [6.45, 7) is 0.463. The zero-order valence-electron chi connectivity index (χ0n) is 9.59. The van der Waals surface area contributed by atoms with Crippen LogP contribution in [0.4, 0.5) is 10.7 Å². The monoisotopic (exact) mass is 293 g/mol. The Bertz CT molecular complexity index is 663. The number of thiophene rings is 1. The van der Waals surface area contributed by atoms with Crippen LogP contribution in [0.15, 0.2) is 30.3 Å². The molecule has 0 saturated heterocycles. The molecule has 2 rings (SSSR count). The molecular weight excluding hydrogens is 286 g/mol. The number of nitriles is 1. The lowest BCUT2D eigenvalue weighted by molar-refractivity contribution is -0.380. The Balaban J connectivity index is 2.06. The summed E-state index contributed by atoms with van der Waals surface area (Å²) < 4.78 is 0. The summed E-state index contributed by atoms with van der Waals surface area (Å²) in [5, 5.41) is 23.0. The van der Waals surface area contributed by atoms with Gasteiger partial charge < -0.3 is 5.32 Å². The minimum atomic E-state index is -0.412. The number of halogens is 1. The lowest BCUT2D eigenvalue weighted by Gasteiger charge is -2.05. The van der Waals surface area contributed by atoms with Gasteiger partial charge in [0.15, 0.2) is 0 Å². The number of nitro groups is 1. The lowest BCUT2D eigenvalue weighted by atomic mass is 10.2. The number of nitrogens with one attached hydrogen (secondary N) is 1. The second-order valence-electron chi connectivity index (χ2n) is 3.66. The van der Waals surface area contributed by atoms with Crippen molar-refractivity contribution >= 4 is 33.6 Å². The largest absolute Gasteiger partial charge is 0.380 e. The molecule has 2 aromatic rings. The van der Waals surface area contributed by atoms with Crippen molar-refractivity contribution < 1.29 is 4.92 Å². The molecule has 0 spiro atoms. The first-order chi connectivity index (χ1) is 9.10. The van der Waals surface area contributed by atoms with E-state index in [4.69, 9.17) is 16.9 Å². The van der Waals surface area contributed by atoms with Crippen molar-refractivity contribution in [1.82, 2.24) is 0 Å². The molecule has 96 valence electrons. The van der Waals surface area contributed by atoms with Crippen LogP contribution in [-0.4, -0.2) is 4.92 Å². The Kier molecular flexibility index (Phi) is 4.00. The molecule has 0 aliphatic heterocycles. The van der Waals surface area contributed by atoms with Crippen molar-refractivity contribution in [3.63, 3.8) is 0 Å². The van der Waals surface area contributed by atoms with Crippen LogP contribution in [-0.2, 0) is 6.54 Å². The van der Waals surface area contributed by atoms with E-state index in [0.717, 1.165) is 21.9 Å². The summed E-state index contributed by atoms with van der Waals surface area (Å²) >= 11 is 6.95. The molecule has 0 aliphatic rings. The van der Waals surface area contributed by atoms with Crippen molar-refractivity contribution in [1.29, 1.82) is 5.26 Å². The van der Waals surface area contributed by atoms with Gasteiger partial charge in [-0.05, 0) is 24.3 Å². The molecule has 0 atom stereocenters. The van der Waals surface area contributed by atoms with Gasteiger partial charge >= 0.3 is 5.00 Å². The standard InChI is InChI=1S/C12H8ClN3O2S/c13-11-3-1-9(5-8(11)6-14)15-7-10-2-4-12(19-10)16(17)18/h1-5,15H,7H2. The predicted molar refractivity (Wildman–Crippen MR) is 74.5 cm³/mol. The Labute approximate surface area is 118 Å². The van der Waals surface area contributed by atoms with E-state index in [9.17, 15) is 10.1 Å². The maximum atomic E-state index is 10.6. The molecule has 0 fully saturated rings. The average molecular weight is 294 g/mol. The highest BCUT2D eigenvalue weighted by Crippen LogP contribution is 2.25. The summed E-state index contributed by atoms with van der Waals surface area (Å²) in [5.74, 6) is 0. The molecule has 0 bridgehead atoms. The van der Waals surface area contributed by atoms with Crippen molar-refractivity contribution in [3.05, 3.63) is 55.9 Å². The summed E-state index contributed by atoms with van der Waals surface area (Å²) in [4.78, 5) is 11.0. The highest BCUT2D eigenvalue weighted by atomic mass is 35.5. The molecular formula is C12H8ClN3O2S. The van der Waals surface area contributed by atoms with E-state index in [0.29, 0.717) is 17.1 Å². The minimum absolute atomic E-state index is 0.116. The fourth-order valence-corrected chi connectivity index (χ4v) is 2.39. The fourth-order valence-electron chi connectivity index (χ4n) is 1.47. The smallest absolute Gasteiger partial charge is 0.324 e. The van der Waals surface area contributed by atoms with E-state index in [1.54, 1.807) is 24.3 Å². The number of anilines is 1. The zero-order valence-corrected chi connectivity index (χ0v) is 11.2. The van der Waals surface area contributed by atoms with Gasteiger partial charge in [-0.3, -0.25) is 10.1 Å². The fraction of sp³-hybridized carbons (Fsp3) is 0.0833. The summed E-state index contributed by atoms with van der Waals surface area (Å²) in [5.41, 5.74) is 1.14. The number of rotatable bonds is 4. The number of hydrogen-bond donors (Lipinski definition) is 1. The molecule has 1 heterocycles. The van der Waals surface area contributed by atoms with E-state index in [1.807, 2.05) is 6.07 Å². The molecule has 5 nitrogen and oxygen atoms in total. The van der Waals surface area contributed by atoms with Crippen LogP contribution in [0.5, 0.6) is 0 Å².